The van der Waals surface area contributed by atoms with E-state index in [-0.39, 0.29) is 18.3 Å². The highest BCUT2D eigenvalue weighted by Crippen LogP contribution is 2.22. The van der Waals surface area contributed by atoms with E-state index in [0.717, 1.165) is 0 Å². The van der Waals surface area contributed by atoms with E-state index in [1.54, 1.807) is 36.4 Å². The predicted octanol–water partition coefficient (Wildman–Crippen LogP) is 2.39. The summed E-state index contributed by atoms with van der Waals surface area (Å²) in [6.07, 6.45) is 1.34. The maximum Gasteiger partial charge on any atom is 0.265 e. The summed E-state index contributed by atoms with van der Waals surface area (Å²) >= 11 is 0. The number of hydrogen-bond donors (Lipinski definition) is 2. The zero-order valence-corrected chi connectivity index (χ0v) is 12.0. The van der Waals surface area contributed by atoms with Crippen molar-refractivity contribution in [3.05, 3.63) is 54.1 Å². The number of para-hydroxylation sites is 3. The van der Waals surface area contributed by atoms with Gasteiger partial charge >= 0.3 is 0 Å². The van der Waals surface area contributed by atoms with E-state index < -0.39 is 0 Å². The summed E-state index contributed by atoms with van der Waals surface area (Å²) in [7, 11) is 1.53. The van der Waals surface area contributed by atoms with Crippen molar-refractivity contribution < 1.29 is 19.5 Å². The number of carbonyl (C=O) groups excluding carboxylic acids is 1. The molecule has 2 rings (SSSR count). The Balaban J connectivity index is 1.84. The molecule has 114 valence electrons. The van der Waals surface area contributed by atoms with Crippen LogP contribution in [-0.2, 0) is 9.63 Å². The van der Waals surface area contributed by atoms with E-state index in [0.29, 0.717) is 17.0 Å². The molecule has 0 aliphatic heterocycles. The highest BCUT2D eigenvalue weighted by atomic mass is 16.6. The van der Waals surface area contributed by atoms with E-state index in [1.807, 2.05) is 6.07 Å². The third kappa shape index (κ3) is 4.24. The molecule has 0 aliphatic carbocycles. The highest BCUT2D eigenvalue weighted by molar-refractivity contribution is 5.93. The zero-order valence-electron chi connectivity index (χ0n) is 12.0. The summed E-state index contributed by atoms with van der Waals surface area (Å²) in [5, 5.41) is 15.8. The van der Waals surface area contributed by atoms with Crippen LogP contribution in [0.15, 0.2) is 53.7 Å². The van der Waals surface area contributed by atoms with Crippen LogP contribution in [0.2, 0.25) is 0 Å². The second-order valence-corrected chi connectivity index (χ2v) is 4.32. The number of rotatable bonds is 6. The van der Waals surface area contributed by atoms with Crippen LogP contribution in [0, 0.1) is 0 Å². The molecule has 0 heterocycles. The average molecular weight is 300 g/mol. The second kappa shape index (κ2) is 7.68. The molecule has 0 radical (unpaired) electrons. The van der Waals surface area contributed by atoms with Gasteiger partial charge in [-0.2, -0.15) is 0 Å². The van der Waals surface area contributed by atoms with E-state index >= 15 is 0 Å². The Morgan fingerprint density at radius 3 is 2.73 bits per heavy atom. The number of nitrogens with one attached hydrogen (secondary N) is 1. The number of nitrogens with zero attached hydrogens (tertiary/aromatic N) is 1. The largest absolute Gasteiger partial charge is 0.507 e. The van der Waals surface area contributed by atoms with Crippen molar-refractivity contribution in [3.8, 4) is 11.5 Å². The SMILES string of the molecule is COc1ccccc1NC(=O)CON=Cc1ccccc1O. The quantitative estimate of drug-likeness (QED) is 0.634. The maximum absolute atomic E-state index is 11.7. The second-order valence-electron chi connectivity index (χ2n) is 4.32. The summed E-state index contributed by atoms with van der Waals surface area (Å²) in [6.45, 7) is -0.248. The summed E-state index contributed by atoms with van der Waals surface area (Å²) in [5.41, 5.74) is 1.07. The number of methoxy groups -OCH3 is 1. The molecular formula is C16H16N2O4. The number of phenols is 1. The number of ether oxygens (including phenoxy) is 1. The number of benzene rings is 2. The van der Waals surface area contributed by atoms with Crippen molar-refractivity contribution in [3.63, 3.8) is 0 Å². The monoisotopic (exact) mass is 300 g/mol. The number of phenolic OH excluding ortho intramolecular Hbond substituents is 1. The number of aromatic hydroxyl groups is 1. The molecule has 0 atom stereocenters. The number of carbonyl (C=O) groups is 1. The fraction of sp³-hybridized carbons (Fsp3) is 0.125. The Morgan fingerprint density at radius 1 is 1.23 bits per heavy atom. The molecule has 6 heteroatoms. The molecule has 0 fully saturated rings. The standard InChI is InChI=1S/C16H16N2O4/c1-21-15-9-5-3-7-13(15)18-16(20)11-22-17-10-12-6-2-4-8-14(12)19/h2-10,19H,11H2,1H3,(H,18,20). The van der Waals surface area contributed by atoms with Gasteiger partial charge in [0.1, 0.15) is 11.5 Å². The minimum atomic E-state index is -0.362. The number of hydrogen-bond acceptors (Lipinski definition) is 5. The maximum atomic E-state index is 11.7. The normalized spacial score (nSPS) is 10.4. The van der Waals surface area contributed by atoms with Crippen LogP contribution in [-0.4, -0.2) is 30.9 Å². The predicted molar refractivity (Wildman–Crippen MR) is 83.3 cm³/mol. The number of amides is 1. The Bertz CT molecular complexity index is 671. The fourth-order valence-electron chi connectivity index (χ4n) is 1.72. The molecule has 0 saturated carbocycles. The van der Waals surface area contributed by atoms with E-state index in [1.165, 1.54) is 19.4 Å². The molecule has 0 spiro atoms. The molecule has 0 bridgehead atoms. The molecule has 0 unspecified atom stereocenters. The Labute approximate surface area is 128 Å². The van der Waals surface area contributed by atoms with Crippen LogP contribution in [0.25, 0.3) is 0 Å². The van der Waals surface area contributed by atoms with Gasteiger partial charge in [-0.1, -0.05) is 29.4 Å². The van der Waals surface area contributed by atoms with E-state index in [4.69, 9.17) is 9.57 Å². The van der Waals surface area contributed by atoms with Gasteiger partial charge in [0.25, 0.3) is 5.91 Å². The number of anilines is 1. The molecule has 2 N–H and O–H groups in total. The van der Waals surface area contributed by atoms with Crippen LogP contribution in [0.3, 0.4) is 0 Å². The molecule has 1 amide bonds. The molecule has 2 aromatic rings. The summed E-state index contributed by atoms with van der Waals surface area (Å²) in [4.78, 5) is 16.6. The molecule has 0 aliphatic rings. The lowest BCUT2D eigenvalue weighted by Crippen LogP contribution is -2.17. The van der Waals surface area contributed by atoms with Gasteiger partial charge in [-0.3, -0.25) is 4.79 Å². The van der Waals surface area contributed by atoms with Gasteiger partial charge in [-0.15, -0.1) is 0 Å². The minimum absolute atomic E-state index is 0.0910. The molecule has 22 heavy (non-hydrogen) atoms. The smallest absolute Gasteiger partial charge is 0.265 e. The Hall–Kier alpha value is -3.02. The fourth-order valence-corrected chi connectivity index (χ4v) is 1.72. The average Bonchev–Trinajstić information content (AvgIpc) is 2.53. The van der Waals surface area contributed by atoms with Gasteiger partial charge in [0.2, 0.25) is 0 Å². The molecular weight excluding hydrogens is 284 g/mol. The van der Waals surface area contributed by atoms with E-state index in [9.17, 15) is 9.90 Å². The lowest BCUT2D eigenvalue weighted by atomic mass is 10.2. The van der Waals surface area contributed by atoms with Crippen molar-refractivity contribution in [2.45, 2.75) is 0 Å². The lowest BCUT2D eigenvalue weighted by molar-refractivity contribution is -0.120. The molecule has 6 nitrogen and oxygen atoms in total. The van der Waals surface area contributed by atoms with Crippen molar-refractivity contribution in [1.82, 2.24) is 0 Å². The topological polar surface area (TPSA) is 80.2 Å². The first-order chi connectivity index (χ1) is 10.7. The summed E-state index contributed by atoms with van der Waals surface area (Å²) in [6, 6.07) is 13.7. The first-order valence-corrected chi connectivity index (χ1v) is 6.57. The van der Waals surface area contributed by atoms with Crippen LogP contribution >= 0.6 is 0 Å². The van der Waals surface area contributed by atoms with Gasteiger partial charge in [0.05, 0.1) is 19.0 Å². The van der Waals surface area contributed by atoms with Crippen LogP contribution in [0.4, 0.5) is 5.69 Å². The van der Waals surface area contributed by atoms with Crippen LogP contribution < -0.4 is 10.1 Å². The van der Waals surface area contributed by atoms with Gasteiger partial charge in [-0.25, -0.2) is 0 Å². The van der Waals surface area contributed by atoms with Crippen molar-refractivity contribution in [2.75, 3.05) is 19.0 Å². The van der Waals surface area contributed by atoms with Gasteiger partial charge < -0.3 is 20.0 Å². The Kier molecular flexibility index (Phi) is 5.37. The van der Waals surface area contributed by atoms with Crippen molar-refractivity contribution >= 4 is 17.8 Å². The zero-order chi connectivity index (χ0) is 15.8. The third-order valence-electron chi connectivity index (χ3n) is 2.78. The number of oxime groups is 1. The first-order valence-electron chi connectivity index (χ1n) is 6.57. The molecule has 2 aromatic carbocycles. The van der Waals surface area contributed by atoms with Gasteiger partial charge in [0.15, 0.2) is 6.61 Å². The van der Waals surface area contributed by atoms with Crippen LogP contribution in [0.1, 0.15) is 5.56 Å². The van der Waals surface area contributed by atoms with Crippen molar-refractivity contribution in [1.29, 1.82) is 0 Å². The Morgan fingerprint density at radius 2 is 1.95 bits per heavy atom. The van der Waals surface area contributed by atoms with E-state index in [2.05, 4.69) is 10.5 Å². The van der Waals surface area contributed by atoms with Gasteiger partial charge in [-0.05, 0) is 24.3 Å². The summed E-state index contributed by atoms with van der Waals surface area (Å²) in [5.74, 6) is 0.292. The van der Waals surface area contributed by atoms with Crippen LogP contribution in [0.5, 0.6) is 11.5 Å². The lowest BCUT2D eigenvalue weighted by Gasteiger charge is -2.08. The highest BCUT2D eigenvalue weighted by Gasteiger charge is 2.06. The third-order valence-corrected chi connectivity index (χ3v) is 2.78. The first kappa shape index (κ1) is 15.4. The van der Waals surface area contributed by atoms with Gasteiger partial charge in [0, 0.05) is 5.56 Å². The summed E-state index contributed by atoms with van der Waals surface area (Å²) < 4.78 is 5.13. The minimum Gasteiger partial charge on any atom is -0.507 e. The molecule has 0 saturated heterocycles. The molecule has 0 aromatic heterocycles. The van der Waals surface area contributed by atoms with Crippen molar-refractivity contribution in [2.24, 2.45) is 5.16 Å².